The van der Waals surface area contributed by atoms with E-state index in [2.05, 4.69) is 26.3 Å². The molecular formula is C33H36FN9O2. The van der Waals surface area contributed by atoms with Crippen LogP contribution in [0.15, 0.2) is 66.5 Å². The first-order valence-electron chi connectivity index (χ1n) is 15.2. The molecule has 12 heteroatoms. The molecule has 2 aliphatic heterocycles. The van der Waals surface area contributed by atoms with E-state index in [1.807, 2.05) is 26.0 Å². The summed E-state index contributed by atoms with van der Waals surface area (Å²) in [6.07, 6.45) is 4.66. The minimum atomic E-state index is -0.486. The Morgan fingerprint density at radius 2 is 1.84 bits per heavy atom. The number of halogens is 1. The molecule has 4 heterocycles. The number of likely N-dealkylation sites (tertiary alicyclic amines) is 1. The minimum absolute atomic E-state index is 0.0841. The Morgan fingerprint density at radius 3 is 2.60 bits per heavy atom. The van der Waals surface area contributed by atoms with Gasteiger partial charge in [0, 0.05) is 50.4 Å². The lowest BCUT2D eigenvalue weighted by atomic mass is 9.97. The zero-order valence-corrected chi connectivity index (χ0v) is 25.4. The largest absolute Gasteiger partial charge is 0.454 e. The fraction of sp³-hybridized carbons (Fsp3) is 0.364. The summed E-state index contributed by atoms with van der Waals surface area (Å²) >= 11 is 0. The van der Waals surface area contributed by atoms with Crippen molar-refractivity contribution in [3.8, 4) is 28.8 Å². The number of anilines is 1. The highest BCUT2D eigenvalue weighted by Gasteiger charge is 2.33. The van der Waals surface area contributed by atoms with Crippen LogP contribution < -0.4 is 15.8 Å². The Morgan fingerprint density at radius 1 is 1.11 bits per heavy atom. The second kappa shape index (κ2) is 12.6. The predicted octanol–water partition coefficient (Wildman–Crippen LogP) is 4.30. The van der Waals surface area contributed by atoms with E-state index in [4.69, 9.17) is 15.6 Å². The molecular weight excluding hydrogens is 573 g/mol. The number of amides is 1. The van der Waals surface area contributed by atoms with Crippen molar-refractivity contribution in [1.29, 1.82) is 5.26 Å². The summed E-state index contributed by atoms with van der Waals surface area (Å²) < 4.78 is 22.3. The first-order valence-corrected chi connectivity index (χ1v) is 15.2. The molecule has 3 N–H and O–H groups in total. The molecule has 0 aliphatic carbocycles. The number of nitrogen functional groups attached to an aromatic ring is 1. The van der Waals surface area contributed by atoms with Gasteiger partial charge in [-0.05, 0) is 57.0 Å². The number of aromatic nitrogens is 4. The maximum absolute atomic E-state index is 14.5. The Labute approximate surface area is 261 Å². The summed E-state index contributed by atoms with van der Waals surface area (Å²) in [5, 5.41) is 18.9. The molecule has 4 aromatic rings. The first kappa shape index (κ1) is 30.2. The summed E-state index contributed by atoms with van der Waals surface area (Å²) in [6.45, 7) is 8.38. The summed E-state index contributed by atoms with van der Waals surface area (Å²) in [5.74, 6) is -0.0513. The molecule has 0 unspecified atom stereocenters. The summed E-state index contributed by atoms with van der Waals surface area (Å²) in [5.41, 5.74) is 7.70. The number of rotatable bonds is 7. The zero-order valence-electron chi connectivity index (χ0n) is 25.4. The molecule has 2 fully saturated rings. The van der Waals surface area contributed by atoms with Gasteiger partial charge in [-0.2, -0.15) is 10.4 Å². The number of nitrogens with two attached hydrogens (primary N) is 1. The Hall–Kier alpha value is -4.86. The number of nitriles is 1. The number of hydrogen-bond acceptors (Lipinski definition) is 9. The van der Waals surface area contributed by atoms with Crippen molar-refractivity contribution >= 4 is 22.8 Å². The molecule has 0 saturated carbocycles. The van der Waals surface area contributed by atoms with Gasteiger partial charge < -0.3 is 20.7 Å². The van der Waals surface area contributed by atoms with Gasteiger partial charge in [-0.25, -0.2) is 19.0 Å². The first-order chi connectivity index (χ1) is 21.8. The molecule has 45 heavy (non-hydrogen) atoms. The van der Waals surface area contributed by atoms with Crippen molar-refractivity contribution < 1.29 is 13.9 Å². The molecule has 2 aromatic carbocycles. The maximum Gasteiger partial charge on any atom is 0.264 e. The van der Waals surface area contributed by atoms with Crippen LogP contribution in [0, 0.1) is 17.1 Å². The number of ether oxygens (including phenoxy) is 1. The van der Waals surface area contributed by atoms with Gasteiger partial charge in [0.1, 0.15) is 35.2 Å². The lowest BCUT2D eigenvalue weighted by Crippen LogP contribution is -2.53. The number of benzene rings is 2. The van der Waals surface area contributed by atoms with Crippen LogP contribution in [-0.2, 0) is 4.79 Å². The Bertz CT molecular complexity index is 1790. The highest BCUT2D eigenvalue weighted by atomic mass is 19.1. The topological polar surface area (TPSA) is 138 Å². The van der Waals surface area contributed by atoms with Crippen molar-refractivity contribution in [3.05, 3.63) is 72.3 Å². The van der Waals surface area contributed by atoms with Crippen LogP contribution in [0.4, 0.5) is 10.2 Å². The monoisotopic (exact) mass is 609 g/mol. The number of para-hydroxylation sites is 2. The Balaban J connectivity index is 1.32. The van der Waals surface area contributed by atoms with Crippen LogP contribution in [0.1, 0.15) is 32.7 Å². The molecule has 0 spiro atoms. The lowest BCUT2D eigenvalue weighted by Gasteiger charge is -2.39. The number of piperidine rings is 1. The van der Waals surface area contributed by atoms with Crippen molar-refractivity contribution in [3.63, 3.8) is 0 Å². The molecule has 2 saturated heterocycles. The predicted molar refractivity (Wildman–Crippen MR) is 169 cm³/mol. The number of piperazine rings is 1. The summed E-state index contributed by atoms with van der Waals surface area (Å²) in [4.78, 5) is 26.5. The van der Waals surface area contributed by atoms with Crippen LogP contribution in [0.2, 0.25) is 0 Å². The van der Waals surface area contributed by atoms with Gasteiger partial charge in [-0.1, -0.05) is 24.3 Å². The molecule has 1 atom stereocenters. The van der Waals surface area contributed by atoms with E-state index in [0.29, 0.717) is 41.1 Å². The van der Waals surface area contributed by atoms with Crippen molar-refractivity contribution in [2.45, 2.75) is 38.3 Å². The quantitative estimate of drug-likeness (QED) is 0.232. The van der Waals surface area contributed by atoms with Crippen LogP contribution in [-0.4, -0.2) is 80.3 Å². The van der Waals surface area contributed by atoms with E-state index >= 15 is 0 Å². The number of carbonyl (C=O) groups is 1. The molecule has 0 bridgehead atoms. The van der Waals surface area contributed by atoms with E-state index in [1.54, 1.807) is 46.0 Å². The van der Waals surface area contributed by atoms with Crippen LogP contribution in [0.3, 0.4) is 0 Å². The number of fused-ring (bicyclic) bond motifs is 1. The average Bonchev–Trinajstić information content (AvgIpc) is 3.46. The molecule has 6 rings (SSSR count). The third-order valence-corrected chi connectivity index (χ3v) is 8.53. The number of nitrogens with zero attached hydrogens (tertiary/aromatic N) is 7. The van der Waals surface area contributed by atoms with Crippen LogP contribution >= 0.6 is 0 Å². The third-order valence-electron chi connectivity index (χ3n) is 8.53. The second-order valence-corrected chi connectivity index (χ2v) is 11.9. The minimum Gasteiger partial charge on any atom is -0.454 e. The highest BCUT2D eigenvalue weighted by Crippen LogP contribution is 2.39. The Kier molecular flexibility index (Phi) is 8.47. The van der Waals surface area contributed by atoms with Crippen LogP contribution in [0.5, 0.6) is 11.5 Å². The summed E-state index contributed by atoms with van der Waals surface area (Å²) in [6, 6.07) is 15.3. The van der Waals surface area contributed by atoms with Crippen molar-refractivity contribution in [2.24, 2.45) is 0 Å². The van der Waals surface area contributed by atoms with Gasteiger partial charge in [0.2, 0.25) is 0 Å². The van der Waals surface area contributed by atoms with Gasteiger partial charge in [0.15, 0.2) is 17.2 Å². The fourth-order valence-electron chi connectivity index (χ4n) is 6.17. The normalized spacial score (nSPS) is 18.1. The third kappa shape index (κ3) is 6.09. The average molecular weight is 610 g/mol. The molecule has 2 aliphatic rings. The van der Waals surface area contributed by atoms with Gasteiger partial charge in [-0.3, -0.25) is 9.69 Å². The number of nitrogens with one attached hydrogen (secondary N) is 1. The smallest absolute Gasteiger partial charge is 0.264 e. The van der Waals surface area contributed by atoms with E-state index < -0.39 is 11.4 Å². The molecule has 11 nitrogen and oxygen atoms in total. The van der Waals surface area contributed by atoms with Gasteiger partial charge >= 0.3 is 0 Å². The van der Waals surface area contributed by atoms with Gasteiger partial charge in [0.05, 0.1) is 11.4 Å². The van der Waals surface area contributed by atoms with Gasteiger partial charge in [-0.15, -0.1) is 0 Å². The molecule has 2 aromatic heterocycles. The molecule has 232 valence electrons. The highest BCUT2D eigenvalue weighted by molar-refractivity contribution is 6.00. The SMILES string of the molecule is CC(C)(/C=C(/C#N)C(=O)N1CCC[C@H](n2nc(-c3ccccc3Oc3ccccc3F)c3c(N)ncnc32)C1)N1CCNCC1. The fourth-order valence-corrected chi connectivity index (χ4v) is 6.17. The van der Waals surface area contributed by atoms with E-state index in [9.17, 15) is 14.4 Å². The summed E-state index contributed by atoms with van der Waals surface area (Å²) in [7, 11) is 0. The molecule has 0 radical (unpaired) electrons. The number of hydrogen-bond donors (Lipinski definition) is 2. The van der Waals surface area contributed by atoms with Crippen LogP contribution in [0.25, 0.3) is 22.3 Å². The molecule has 1 amide bonds. The standard InChI is InChI=1S/C33H36FN9O2/c1-33(2,42-16-13-37-14-17-42)18-22(19-35)32(44)41-15-7-8-23(20-41)43-31-28(30(36)38-21-39-31)29(40-43)24-9-3-5-11-26(24)45-27-12-6-4-10-25(27)34/h3-6,9-12,18,21,23,37H,7-8,13-17,20H2,1-2H3,(H2,36,38,39)/b22-18-/t23-/m0/s1. The van der Waals surface area contributed by atoms with E-state index in [0.717, 1.165) is 39.0 Å². The second-order valence-electron chi connectivity index (χ2n) is 11.9. The van der Waals surface area contributed by atoms with Crippen molar-refractivity contribution in [1.82, 2.24) is 34.9 Å². The van der Waals surface area contributed by atoms with Crippen molar-refractivity contribution in [2.75, 3.05) is 45.0 Å². The van der Waals surface area contributed by atoms with Gasteiger partial charge in [0.25, 0.3) is 5.91 Å². The van der Waals surface area contributed by atoms with E-state index in [1.165, 1.54) is 12.4 Å². The maximum atomic E-state index is 14.5. The zero-order chi connectivity index (χ0) is 31.6. The van der Waals surface area contributed by atoms with E-state index in [-0.39, 0.29) is 29.1 Å². The lowest BCUT2D eigenvalue weighted by molar-refractivity contribution is -0.128. The number of carbonyl (C=O) groups excluding carboxylic acids is 1.